The highest BCUT2D eigenvalue weighted by Crippen LogP contribution is 2.33. The molecule has 0 bridgehead atoms. The highest BCUT2D eigenvalue weighted by atomic mass is 19.1. The number of piperidine rings is 1. The highest BCUT2D eigenvalue weighted by Gasteiger charge is 2.35. The lowest BCUT2D eigenvalue weighted by molar-refractivity contribution is -0.150. The van der Waals surface area contributed by atoms with Crippen molar-refractivity contribution in [1.29, 1.82) is 0 Å². The van der Waals surface area contributed by atoms with Crippen LogP contribution in [0.15, 0.2) is 59.7 Å². The van der Waals surface area contributed by atoms with Crippen molar-refractivity contribution in [1.82, 2.24) is 9.91 Å². The van der Waals surface area contributed by atoms with Crippen LogP contribution in [0.2, 0.25) is 0 Å². The Labute approximate surface area is 187 Å². The van der Waals surface area contributed by atoms with Crippen LogP contribution < -0.4 is 0 Å². The Morgan fingerprint density at radius 3 is 2.59 bits per heavy atom. The molecular formula is C25H28FN3O3. The van der Waals surface area contributed by atoms with Crippen LogP contribution in [0.3, 0.4) is 0 Å². The van der Waals surface area contributed by atoms with E-state index in [1.54, 1.807) is 24.1 Å². The van der Waals surface area contributed by atoms with E-state index in [-0.39, 0.29) is 36.2 Å². The van der Waals surface area contributed by atoms with Gasteiger partial charge in [0.05, 0.1) is 30.8 Å². The Balaban J connectivity index is 1.52. The van der Waals surface area contributed by atoms with Crippen LogP contribution in [-0.2, 0) is 14.3 Å². The van der Waals surface area contributed by atoms with Gasteiger partial charge in [-0.3, -0.25) is 14.5 Å². The summed E-state index contributed by atoms with van der Waals surface area (Å²) in [6, 6.07) is 15.8. The molecule has 1 fully saturated rings. The van der Waals surface area contributed by atoms with Crippen LogP contribution in [0.5, 0.6) is 0 Å². The summed E-state index contributed by atoms with van der Waals surface area (Å²) in [7, 11) is 0. The number of likely N-dealkylation sites (tertiary alicyclic amines) is 1. The minimum absolute atomic E-state index is 0.111. The molecule has 2 aliphatic rings. The normalized spacial score (nSPS) is 21.3. The molecular weight excluding hydrogens is 409 g/mol. The monoisotopic (exact) mass is 437 g/mol. The second-order valence-corrected chi connectivity index (χ2v) is 8.25. The molecule has 168 valence electrons. The third-order valence-corrected chi connectivity index (χ3v) is 6.01. The summed E-state index contributed by atoms with van der Waals surface area (Å²) >= 11 is 0. The number of amides is 1. The van der Waals surface area contributed by atoms with E-state index in [1.165, 1.54) is 12.1 Å². The van der Waals surface area contributed by atoms with Crippen molar-refractivity contribution in [3.63, 3.8) is 0 Å². The van der Waals surface area contributed by atoms with Gasteiger partial charge in [-0.05, 0) is 49.6 Å². The van der Waals surface area contributed by atoms with Gasteiger partial charge >= 0.3 is 5.97 Å². The van der Waals surface area contributed by atoms with Gasteiger partial charge < -0.3 is 4.74 Å². The van der Waals surface area contributed by atoms with Gasteiger partial charge in [-0.25, -0.2) is 9.40 Å². The van der Waals surface area contributed by atoms with E-state index in [0.29, 0.717) is 19.6 Å². The van der Waals surface area contributed by atoms with Crippen molar-refractivity contribution in [3.8, 4) is 0 Å². The molecule has 0 unspecified atom stereocenters. The van der Waals surface area contributed by atoms with Gasteiger partial charge in [0, 0.05) is 13.0 Å². The second-order valence-electron chi connectivity index (χ2n) is 8.25. The highest BCUT2D eigenvalue weighted by molar-refractivity contribution is 6.03. The zero-order valence-corrected chi connectivity index (χ0v) is 18.2. The first-order chi connectivity index (χ1) is 15.5. The molecule has 0 radical (unpaired) electrons. The summed E-state index contributed by atoms with van der Waals surface area (Å²) in [6.07, 6.45) is 2.20. The molecule has 2 aliphatic heterocycles. The predicted octanol–water partition coefficient (Wildman–Crippen LogP) is 3.78. The molecule has 0 N–H and O–H groups in total. The Kier molecular flexibility index (Phi) is 6.95. The lowest BCUT2D eigenvalue weighted by Gasteiger charge is -2.32. The van der Waals surface area contributed by atoms with Crippen molar-refractivity contribution in [2.24, 2.45) is 11.0 Å². The summed E-state index contributed by atoms with van der Waals surface area (Å²) in [6.45, 7) is 3.64. The molecule has 2 atom stereocenters. The van der Waals surface area contributed by atoms with Crippen LogP contribution in [0.1, 0.15) is 43.4 Å². The summed E-state index contributed by atoms with van der Waals surface area (Å²) in [5, 5.41) is 6.21. The van der Waals surface area contributed by atoms with E-state index in [1.807, 2.05) is 35.2 Å². The van der Waals surface area contributed by atoms with E-state index < -0.39 is 0 Å². The second kappa shape index (κ2) is 10.0. The lowest BCUT2D eigenvalue weighted by Crippen LogP contribution is -2.44. The van der Waals surface area contributed by atoms with Crippen molar-refractivity contribution in [2.45, 2.75) is 32.2 Å². The van der Waals surface area contributed by atoms with E-state index in [2.05, 4.69) is 5.10 Å². The smallest absolute Gasteiger partial charge is 0.310 e. The number of rotatable bonds is 6. The van der Waals surface area contributed by atoms with Crippen molar-refractivity contribution in [3.05, 3.63) is 71.5 Å². The molecule has 0 aromatic heterocycles. The van der Waals surface area contributed by atoms with E-state index >= 15 is 0 Å². The van der Waals surface area contributed by atoms with Gasteiger partial charge in [0.25, 0.3) is 5.91 Å². The van der Waals surface area contributed by atoms with E-state index in [0.717, 1.165) is 36.2 Å². The molecule has 32 heavy (non-hydrogen) atoms. The number of esters is 1. The molecule has 2 aromatic rings. The maximum atomic E-state index is 13.4. The molecule has 1 saturated heterocycles. The molecule has 0 aliphatic carbocycles. The van der Waals surface area contributed by atoms with Gasteiger partial charge in [0.2, 0.25) is 0 Å². The Morgan fingerprint density at radius 2 is 1.88 bits per heavy atom. The summed E-state index contributed by atoms with van der Waals surface area (Å²) < 4.78 is 18.5. The SMILES string of the molecule is CCOC(=O)[C@H]1CCCN(CC(=O)N2N=C(c3ccc(F)cc3)C[C@@H]2c2ccccc2)C1. The molecule has 0 spiro atoms. The summed E-state index contributed by atoms with van der Waals surface area (Å²) in [5.41, 5.74) is 2.57. The van der Waals surface area contributed by atoms with Crippen molar-refractivity contribution >= 4 is 17.6 Å². The minimum atomic E-state index is -0.304. The van der Waals surface area contributed by atoms with Crippen molar-refractivity contribution in [2.75, 3.05) is 26.2 Å². The van der Waals surface area contributed by atoms with Gasteiger partial charge in [0.15, 0.2) is 0 Å². The largest absolute Gasteiger partial charge is 0.466 e. The zero-order chi connectivity index (χ0) is 22.5. The number of ether oxygens (including phenoxy) is 1. The first-order valence-corrected chi connectivity index (χ1v) is 11.1. The number of halogens is 1. The van der Waals surface area contributed by atoms with E-state index in [9.17, 15) is 14.0 Å². The molecule has 7 heteroatoms. The number of hydrazone groups is 1. The Bertz CT molecular complexity index is 978. The first kappa shape index (κ1) is 22.1. The van der Waals surface area contributed by atoms with Crippen LogP contribution in [-0.4, -0.2) is 53.7 Å². The number of carbonyl (C=O) groups is 2. The van der Waals surface area contributed by atoms with Crippen LogP contribution in [0.4, 0.5) is 4.39 Å². The average molecular weight is 438 g/mol. The maximum Gasteiger partial charge on any atom is 0.310 e. The Hall–Kier alpha value is -3.06. The lowest BCUT2D eigenvalue weighted by atomic mass is 9.97. The molecule has 4 rings (SSSR count). The fourth-order valence-corrected chi connectivity index (χ4v) is 4.41. The van der Waals surface area contributed by atoms with Crippen LogP contribution >= 0.6 is 0 Å². The van der Waals surface area contributed by atoms with Gasteiger partial charge in [-0.15, -0.1) is 0 Å². The third-order valence-electron chi connectivity index (χ3n) is 6.01. The third kappa shape index (κ3) is 5.05. The van der Waals surface area contributed by atoms with Crippen molar-refractivity contribution < 1.29 is 18.7 Å². The number of nitrogens with zero attached hydrogens (tertiary/aromatic N) is 3. The number of carbonyl (C=O) groups excluding carboxylic acids is 2. The standard InChI is InChI=1S/C25H28FN3O3/c1-2-32-25(31)20-9-6-14-28(16-20)17-24(30)29-23(19-7-4-3-5-8-19)15-22(27-29)18-10-12-21(26)13-11-18/h3-5,7-8,10-13,20,23H,2,6,9,14-17H2,1H3/t20-,23+/m0/s1. The fraction of sp³-hybridized carbons (Fsp3) is 0.400. The Morgan fingerprint density at radius 1 is 1.12 bits per heavy atom. The minimum Gasteiger partial charge on any atom is -0.466 e. The maximum absolute atomic E-state index is 13.4. The number of benzene rings is 2. The molecule has 2 aromatic carbocycles. The number of hydrogen-bond acceptors (Lipinski definition) is 5. The van der Waals surface area contributed by atoms with Crippen LogP contribution in [0.25, 0.3) is 0 Å². The predicted molar refractivity (Wildman–Crippen MR) is 119 cm³/mol. The topological polar surface area (TPSA) is 62.2 Å². The number of hydrogen-bond donors (Lipinski definition) is 0. The van der Waals surface area contributed by atoms with Gasteiger partial charge in [-0.2, -0.15) is 5.10 Å². The van der Waals surface area contributed by atoms with Gasteiger partial charge in [-0.1, -0.05) is 42.5 Å². The quantitative estimate of drug-likeness (QED) is 0.646. The average Bonchev–Trinajstić information content (AvgIpc) is 3.26. The van der Waals surface area contributed by atoms with Crippen LogP contribution in [0, 0.1) is 11.7 Å². The first-order valence-electron chi connectivity index (χ1n) is 11.1. The zero-order valence-electron chi connectivity index (χ0n) is 18.2. The molecule has 2 heterocycles. The summed E-state index contributed by atoms with van der Waals surface area (Å²) in [4.78, 5) is 27.5. The fourth-order valence-electron chi connectivity index (χ4n) is 4.41. The van der Waals surface area contributed by atoms with E-state index in [4.69, 9.17) is 4.74 Å². The summed E-state index contributed by atoms with van der Waals surface area (Å²) in [5.74, 6) is -0.801. The molecule has 1 amide bonds. The van der Waals surface area contributed by atoms with Gasteiger partial charge in [0.1, 0.15) is 5.82 Å². The molecule has 0 saturated carbocycles. The molecule has 6 nitrogen and oxygen atoms in total.